The van der Waals surface area contributed by atoms with Gasteiger partial charge in [0.15, 0.2) is 0 Å². The van der Waals surface area contributed by atoms with E-state index in [0.717, 1.165) is 6.42 Å². The van der Waals surface area contributed by atoms with Gasteiger partial charge in [-0.25, -0.2) is 0 Å². The monoisotopic (exact) mass is 186 g/mol. The maximum absolute atomic E-state index is 9.98. The van der Waals surface area contributed by atoms with E-state index >= 15 is 0 Å². The smallest absolute Gasteiger partial charge is 0.293 e. The molecule has 0 rings (SSSR count). The molecule has 0 fully saturated rings. The fraction of sp³-hybridized carbons (Fsp3) is 0.909. The highest BCUT2D eigenvalue weighted by Crippen LogP contribution is 2.14. The quantitative estimate of drug-likeness (QED) is 0.408. The summed E-state index contributed by atoms with van der Waals surface area (Å²) in [5.74, 6) is 0.571. The van der Waals surface area contributed by atoms with Gasteiger partial charge in [-0.2, -0.15) is 0 Å². The molecule has 0 aromatic rings. The van der Waals surface area contributed by atoms with Crippen molar-refractivity contribution >= 4 is 6.47 Å². The molecule has 0 bridgehead atoms. The van der Waals surface area contributed by atoms with Crippen LogP contribution in [0.15, 0.2) is 0 Å². The van der Waals surface area contributed by atoms with E-state index in [1.54, 1.807) is 0 Å². The number of carbonyl (C=O) groups excluding carboxylic acids is 1. The first kappa shape index (κ1) is 12.5. The van der Waals surface area contributed by atoms with E-state index in [4.69, 9.17) is 4.74 Å². The lowest BCUT2D eigenvalue weighted by atomic mass is 9.99. The summed E-state index contributed by atoms with van der Waals surface area (Å²) in [5.41, 5.74) is 0. The summed E-state index contributed by atoms with van der Waals surface area (Å²) in [7, 11) is 0. The Morgan fingerprint density at radius 2 is 2.00 bits per heavy atom. The van der Waals surface area contributed by atoms with Crippen molar-refractivity contribution in [2.24, 2.45) is 5.92 Å². The first-order valence-corrected chi connectivity index (χ1v) is 5.40. The Hall–Kier alpha value is -0.530. The van der Waals surface area contributed by atoms with E-state index in [1.807, 2.05) is 0 Å². The summed E-state index contributed by atoms with van der Waals surface area (Å²) in [6.45, 7) is 5.52. The van der Waals surface area contributed by atoms with Crippen LogP contribution in [-0.4, -0.2) is 13.1 Å². The predicted molar refractivity (Wildman–Crippen MR) is 54.6 cm³/mol. The Labute approximate surface area is 81.7 Å². The van der Waals surface area contributed by atoms with Crippen LogP contribution in [0.2, 0.25) is 0 Å². The van der Waals surface area contributed by atoms with Crippen LogP contribution in [0, 0.1) is 5.92 Å². The lowest BCUT2D eigenvalue weighted by Crippen LogP contribution is -2.07. The van der Waals surface area contributed by atoms with Crippen LogP contribution in [0.4, 0.5) is 0 Å². The van der Waals surface area contributed by atoms with E-state index in [-0.39, 0.29) is 0 Å². The van der Waals surface area contributed by atoms with Gasteiger partial charge in [0.05, 0.1) is 6.61 Å². The third-order valence-corrected chi connectivity index (χ3v) is 2.44. The highest BCUT2D eigenvalue weighted by molar-refractivity contribution is 5.36. The average Bonchev–Trinajstić information content (AvgIpc) is 2.17. The molecule has 0 radical (unpaired) electrons. The SMILES string of the molecule is CCCCCC[C@@H](CC)COC=O. The third-order valence-electron chi connectivity index (χ3n) is 2.44. The molecule has 0 spiro atoms. The van der Waals surface area contributed by atoms with Gasteiger partial charge in [-0.05, 0) is 12.3 Å². The number of carbonyl (C=O) groups is 1. The van der Waals surface area contributed by atoms with Gasteiger partial charge in [0.25, 0.3) is 6.47 Å². The van der Waals surface area contributed by atoms with E-state index in [0.29, 0.717) is 19.0 Å². The van der Waals surface area contributed by atoms with Crippen LogP contribution in [0.1, 0.15) is 52.4 Å². The van der Waals surface area contributed by atoms with Crippen molar-refractivity contribution in [3.05, 3.63) is 0 Å². The van der Waals surface area contributed by atoms with Gasteiger partial charge in [-0.1, -0.05) is 46.0 Å². The van der Waals surface area contributed by atoms with Crippen molar-refractivity contribution in [1.29, 1.82) is 0 Å². The molecule has 1 atom stereocenters. The molecule has 0 aliphatic rings. The maximum Gasteiger partial charge on any atom is 0.293 e. The first-order valence-electron chi connectivity index (χ1n) is 5.40. The van der Waals surface area contributed by atoms with Crippen molar-refractivity contribution in [2.45, 2.75) is 52.4 Å². The van der Waals surface area contributed by atoms with E-state index in [2.05, 4.69) is 13.8 Å². The lowest BCUT2D eigenvalue weighted by Gasteiger charge is -2.12. The van der Waals surface area contributed by atoms with Gasteiger partial charge >= 0.3 is 0 Å². The highest BCUT2D eigenvalue weighted by Gasteiger charge is 2.05. The first-order chi connectivity index (χ1) is 6.35. The summed E-state index contributed by atoms with van der Waals surface area (Å²) in [6, 6.07) is 0. The summed E-state index contributed by atoms with van der Waals surface area (Å²) in [5, 5.41) is 0. The van der Waals surface area contributed by atoms with Crippen LogP contribution in [0.25, 0.3) is 0 Å². The molecular weight excluding hydrogens is 164 g/mol. The molecule has 0 aromatic heterocycles. The minimum atomic E-state index is 0.550. The maximum atomic E-state index is 9.98. The third kappa shape index (κ3) is 7.82. The van der Waals surface area contributed by atoms with Crippen LogP contribution in [-0.2, 0) is 9.53 Å². The van der Waals surface area contributed by atoms with Gasteiger partial charge in [0.1, 0.15) is 0 Å². The Bertz CT molecular complexity index is 113. The van der Waals surface area contributed by atoms with Crippen LogP contribution in [0.3, 0.4) is 0 Å². The molecular formula is C11H22O2. The van der Waals surface area contributed by atoms with Crippen LogP contribution >= 0.6 is 0 Å². The summed E-state index contributed by atoms with van der Waals surface area (Å²) >= 11 is 0. The van der Waals surface area contributed by atoms with E-state index in [1.165, 1.54) is 32.1 Å². The molecule has 0 unspecified atom stereocenters. The van der Waals surface area contributed by atoms with Crippen molar-refractivity contribution in [3.63, 3.8) is 0 Å². The molecule has 0 saturated carbocycles. The highest BCUT2D eigenvalue weighted by atomic mass is 16.5. The molecule has 2 nitrogen and oxygen atoms in total. The molecule has 0 saturated heterocycles. The van der Waals surface area contributed by atoms with Gasteiger partial charge in [0, 0.05) is 0 Å². The lowest BCUT2D eigenvalue weighted by molar-refractivity contribution is -0.130. The standard InChI is InChI=1S/C11H22O2/c1-3-5-6-7-8-11(4-2)9-13-10-12/h10-11H,3-9H2,1-2H3/t11-/m1/s1. The van der Waals surface area contributed by atoms with Crippen molar-refractivity contribution in [2.75, 3.05) is 6.61 Å². The zero-order valence-electron chi connectivity index (χ0n) is 8.92. The minimum absolute atomic E-state index is 0.550. The molecule has 0 N–H and O–H groups in total. The molecule has 78 valence electrons. The molecule has 0 aromatic carbocycles. The molecule has 0 aliphatic carbocycles. The van der Waals surface area contributed by atoms with E-state index < -0.39 is 0 Å². The van der Waals surface area contributed by atoms with Crippen LogP contribution in [0.5, 0.6) is 0 Å². The minimum Gasteiger partial charge on any atom is -0.468 e. The number of unbranched alkanes of at least 4 members (excludes halogenated alkanes) is 3. The van der Waals surface area contributed by atoms with Gasteiger partial charge in [-0.15, -0.1) is 0 Å². The van der Waals surface area contributed by atoms with Crippen LogP contribution < -0.4 is 0 Å². The Kier molecular flexibility index (Phi) is 9.17. The van der Waals surface area contributed by atoms with Crippen molar-refractivity contribution in [1.82, 2.24) is 0 Å². The summed E-state index contributed by atoms with van der Waals surface area (Å²) < 4.78 is 4.76. The summed E-state index contributed by atoms with van der Waals surface area (Å²) in [6.07, 6.45) is 7.50. The fourth-order valence-electron chi connectivity index (χ4n) is 1.44. The number of ether oxygens (including phenoxy) is 1. The van der Waals surface area contributed by atoms with Crippen molar-refractivity contribution in [3.8, 4) is 0 Å². The zero-order valence-corrected chi connectivity index (χ0v) is 8.92. The molecule has 2 heteroatoms. The topological polar surface area (TPSA) is 26.3 Å². The van der Waals surface area contributed by atoms with Gasteiger partial charge in [0.2, 0.25) is 0 Å². The molecule has 0 heterocycles. The largest absolute Gasteiger partial charge is 0.468 e. The second-order valence-corrected chi connectivity index (χ2v) is 3.55. The number of hydrogen-bond donors (Lipinski definition) is 0. The normalized spacial score (nSPS) is 12.5. The second kappa shape index (κ2) is 9.56. The molecule has 13 heavy (non-hydrogen) atoms. The second-order valence-electron chi connectivity index (χ2n) is 3.55. The summed E-state index contributed by atoms with van der Waals surface area (Å²) in [4.78, 5) is 9.98. The Balaban J connectivity index is 3.30. The van der Waals surface area contributed by atoms with Gasteiger partial charge < -0.3 is 4.74 Å². The Morgan fingerprint density at radius 3 is 2.54 bits per heavy atom. The molecule has 0 amide bonds. The van der Waals surface area contributed by atoms with Gasteiger partial charge in [-0.3, -0.25) is 4.79 Å². The Morgan fingerprint density at radius 1 is 1.23 bits per heavy atom. The zero-order chi connectivity index (χ0) is 9.94. The number of hydrogen-bond acceptors (Lipinski definition) is 2. The van der Waals surface area contributed by atoms with E-state index in [9.17, 15) is 4.79 Å². The number of rotatable bonds is 9. The average molecular weight is 186 g/mol. The fourth-order valence-corrected chi connectivity index (χ4v) is 1.44. The molecule has 0 aliphatic heterocycles. The van der Waals surface area contributed by atoms with Crippen molar-refractivity contribution < 1.29 is 9.53 Å². The predicted octanol–water partition coefficient (Wildman–Crippen LogP) is 3.16.